The van der Waals surface area contributed by atoms with Crippen LogP contribution in [0.1, 0.15) is 32.8 Å². The predicted octanol–water partition coefficient (Wildman–Crippen LogP) is 2.18. The van der Waals surface area contributed by atoms with Gasteiger partial charge in [-0.1, -0.05) is 68.4 Å². The number of rotatable bonds is 9. The maximum absolute atomic E-state index is 14.3. The Balaban J connectivity index is 1.31. The lowest BCUT2D eigenvalue weighted by Gasteiger charge is -2.40. The molecule has 3 amide bonds. The molecule has 41 heavy (non-hydrogen) atoms. The third-order valence-electron chi connectivity index (χ3n) is 9.18. The average Bonchev–Trinajstić information content (AvgIpc) is 3.69. The molecule has 0 radical (unpaired) electrons. The topological polar surface area (TPSA) is 129 Å². The van der Waals surface area contributed by atoms with Crippen LogP contribution in [0, 0.1) is 23.7 Å². The van der Waals surface area contributed by atoms with E-state index in [1.54, 1.807) is 21.3 Å². The van der Waals surface area contributed by atoms with Gasteiger partial charge in [-0.25, -0.2) is 4.68 Å². The number of aliphatic hydroxyl groups is 1. The third-order valence-corrected chi connectivity index (χ3v) is 11.3. The first-order chi connectivity index (χ1) is 19.8. The quantitative estimate of drug-likeness (QED) is 0.356. The summed E-state index contributed by atoms with van der Waals surface area (Å²) in [6, 6.07) is 15.8. The normalized spacial score (nSPS) is 29.2. The van der Waals surface area contributed by atoms with Crippen LogP contribution in [0.15, 0.2) is 54.6 Å². The predicted molar refractivity (Wildman–Crippen MR) is 155 cm³/mol. The van der Waals surface area contributed by atoms with Crippen molar-refractivity contribution < 1.29 is 19.5 Å². The van der Waals surface area contributed by atoms with E-state index in [-0.39, 0.29) is 48.1 Å². The minimum Gasteiger partial charge on any atom is -0.394 e. The molecule has 4 heterocycles. The number of thioether (sulfide) groups is 1. The van der Waals surface area contributed by atoms with Crippen LogP contribution in [0.25, 0.3) is 11.0 Å². The Bertz CT molecular complexity index is 1460. The van der Waals surface area contributed by atoms with E-state index in [1.807, 2.05) is 68.4 Å². The van der Waals surface area contributed by atoms with Crippen molar-refractivity contribution in [2.45, 2.75) is 62.5 Å². The molecule has 3 aliphatic rings. The molecule has 3 aromatic rings. The van der Waals surface area contributed by atoms with Gasteiger partial charge >= 0.3 is 0 Å². The van der Waals surface area contributed by atoms with Gasteiger partial charge in [0.1, 0.15) is 18.2 Å². The number of aliphatic hydroxyl groups excluding tert-OH is 1. The summed E-state index contributed by atoms with van der Waals surface area (Å²) in [5, 5.41) is 24.8. The molecular formula is C30H36N6O4S. The minimum absolute atomic E-state index is 0.0316. The van der Waals surface area contributed by atoms with E-state index in [0.29, 0.717) is 6.54 Å². The van der Waals surface area contributed by atoms with E-state index in [9.17, 15) is 19.5 Å². The zero-order chi connectivity index (χ0) is 28.9. The zero-order valence-corrected chi connectivity index (χ0v) is 24.3. The van der Waals surface area contributed by atoms with Crippen molar-refractivity contribution in [2.75, 3.05) is 6.61 Å². The number of aromatic nitrogens is 3. The summed E-state index contributed by atoms with van der Waals surface area (Å²) < 4.78 is 0.852. The summed E-state index contributed by atoms with van der Waals surface area (Å²) in [6.45, 7) is 6.17. The molecule has 11 heteroatoms. The van der Waals surface area contributed by atoms with E-state index < -0.39 is 28.7 Å². The van der Waals surface area contributed by atoms with Crippen LogP contribution in [0.2, 0.25) is 0 Å². The number of hydrogen-bond acceptors (Lipinski definition) is 7. The molecule has 1 aromatic heterocycles. The van der Waals surface area contributed by atoms with Gasteiger partial charge in [0.05, 0.1) is 34.7 Å². The van der Waals surface area contributed by atoms with Gasteiger partial charge in [-0.2, -0.15) is 0 Å². The Labute approximate surface area is 243 Å². The molecule has 0 saturated carbocycles. The van der Waals surface area contributed by atoms with Crippen LogP contribution >= 0.6 is 11.8 Å². The zero-order valence-electron chi connectivity index (χ0n) is 23.4. The lowest BCUT2D eigenvalue weighted by molar-refractivity contribution is -0.143. The molecule has 7 atom stereocenters. The number of fused-ring (bicyclic) bond motifs is 2. The fraction of sp³-hybridized carbons (Fsp3) is 0.500. The molecule has 216 valence electrons. The summed E-state index contributed by atoms with van der Waals surface area (Å²) >= 11 is 1.62. The number of nitrogens with one attached hydrogen (secondary N) is 2. The second kappa shape index (κ2) is 10.8. The number of carbonyl (C=O) groups excluding carboxylic acids is 3. The Hall–Kier alpha value is -3.44. The fourth-order valence-electron chi connectivity index (χ4n) is 7.22. The van der Waals surface area contributed by atoms with Crippen molar-refractivity contribution in [2.24, 2.45) is 23.7 Å². The highest BCUT2D eigenvalue weighted by Crippen LogP contribution is 2.68. The van der Waals surface area contributed by atoms with Crippen LogP contribution < -0.4 is 10.6 Å². The number of benzene rings is 2. The molecule has 2 bridgehead atoms. The second-order valence-electron chi connectivity index (χ2n) is 11.8. The molecule has 6 rings (SSSR count). The van der Waals surface area contributed by atoms with Crippen LogP contribution in [-0.2, 0) is 27.6 Å². The smallest absolute Gasteiger partial charge is 0.245 e. The van der Waals surface area contributed by atoms with E-state index in [4.69, 9.17) is 0 Å². The van der Waals surface area contributed by atoms with Gasteiger partial charge in [0.2, 0.25) is 17.7 Å². The third kappa shape index (κ3) is 4.41. The Morgan fingerprint density at radius 3 is 2.56 bits per heavy atom. The van der Waals surface area contributed by atoms with Gasteiger partial charge in [0.15, 0.2) is 0 Å². The highest BCUT2D eigenvalue weighted by Gasteiger charge is 2.76. The van der Waals surface area contributed by atoms with Gasteiger partial charge in [-0.05, 0) is 36.0 Å². The van der Waals surface area contributed by atoms with Crippen molar-refractivity contribution in [1.82, 2.24) is 30.5 Å². The van der Waals surface area contributed by atoms with Gasteiger partial charge < -0.3 is 20.6 Å². The summed E-state index contributed by atoms with van der Waals surface area (Å²) in [6.07, 6.45) is 0.745. The van der Waals surface area contributed by atoms with E-state index in [0.717, 1.165) is 23.0 Å². The van der Waals surface area contributed by atoms with E-state index in [1.165, 1.54) is 0 Å². The molecule has 10 nitrogen and oxygen atoms in total. The summed E-state index contributed by atoms with van der Waals surface area (Å²) in [4.78, 5) is 43.8. The molecule has 1 spiro atoms. The first kappa shape index (κ1) is 27.7. The summed E-state index contributed by atoms with van der Waals surface area (Å²) in [5.41, 5.74) is 2.50. The van der Waals surface area contributed by atoms with Gasteiger partial charge in [0, 0.05) is 11.8 Å². The number of para-hydroxylation sites is 1. The Morgan fingerprint density at radius 1 is 1.10 bits per heavy atom. The van der Waals surface area contributed by atoms with Crippen LogP contribution in [0.5, 0.6) is 0 Å². The molecule has 3 aliphatic heterocycles. The second-order valence-corrected chi connectivity index (χ2v) is 13.3. The Kier molecular flexibility index (Phi) is 7.27. The van der Waals surface area contributed by atoms with Gasteiger partial charge in [-0.3, -0.25) is 14.4 Å². The minimum atomic E-state index is -0.828. The molecule has 3 saturated heterocycles. The Morgan fingerprint density at radius 2 is 1.83 bits per heavy atom. The molecule has 3 fully saturated rings. The molecule has 3 unspecified atom stereocenters. The van der Waals surface area contributed by atoms with Gasteiger partial charge in [0.25, 0.3) is 0 Å². The first-order valence-corrected chi connectivity index (χ1v) is 15.1. The summed E-state index contributed by atoms with van der Waals surface area (Å²) in [7, 11) is 0. The van der Waals surface area contributed by atoms with Crippen LogP contribution in [-0.4, -0.2) is 71.4 Å². The number of nitrogens with zero attached hydrogens (tertiary/aromatic N) is 4. The number of carbonyl (C=O) groups is 3. The van der Waals surface area contributed by atoms with E-state index in [2.05, 4.69) is 27.9 Å². The lowest BCUT2D eigenvalue weighted by Crippen LogP contribution is -2.59. The maximum Gasteiger partial charge on any atom is 0.245 e. The van der Waals surface area contributed by atoms with E-state index >= 15 is 0 Å². The molecule has 2 aromatic carbocycles. The number of amides is 3. The first-order valence-electron chi connectivity index (χ1n) is 14.3. The average molecular weight is 577 g/mol. The number of likely N-dealkylation sites (tertiary alicyclic amines) is 1. The van der Waals surface area contributed by atoms with Crippen LogP contribution in [0.3, 0.4) is 0 Å². The highest BCUT2D eigenvalue weighted by atomic mass is 32.2. The highest BCUT2D eigenvalue weighted by molar-refractivity contribution is 8.02. The maximum atomic E-state index is 14.3. The van der Waals surface area contributed by atoms with Crippen molar-refractivity contribution in [3.63, 3.8) is 0 Å². The fourth-order valence-corrected chi connectivity index (χ4v) is 9.63. The van der Waals surface area contributed by atoms with Crippen molar-refractivity contribution in [3.05, 3.63) is 60.2 Å². The number of hydrogen-bond donors (Lipinski definition) is 3. The molecular weight excluding hydrogens is 540 g/mol. The van der Waals surface area contributed by atoms with Gasteiger partial charge in [-0.15, -0.1) is 16.9 Å². The molecule has 0 aliphatic carbocycles. The SMILES string of the molecule is CC(C)[C@H](CO)N1C(=O)[C@@H]2[C@H](C(=O)NCc3ccccc3)[C@@H]3CC(C)C2(S3)C1C(=O)NCn1nnc2ccccc21. The van der Waals surface area contributed by atoms with Crippen LogP contribution in [0.4, 0.5) is 0 Å². The monoisotopic (exact) mass is 576 g/mol. The largest absolute Gasteiger partial charge is 0.394 e. The molecule has 3 N–H and O–H groups in total. The lowest BCUT2D eigenvalue weighted by atomic mass is 9.66. The van der Waals surface area contributed by atoms with Crippen molar-refractivity contribution in [3.8, 4) is 0 Å². The van der Waals surface area contributed by atoms with Crippen molar-refractivity contribution >= 4 is 40.5 Å². The standard InChI is InChI=1S/C30H36N6O4S/c1-17(2)22(15-37)36-26(28(39)32-16-35-21-12-8-7-11-20(21)33-34-35)30-18(3)13-23(41-30)24(25(30)29(36)40)27(38)31-14-19-9-5-4-6-10-19/h4-12,17-18,22-26,37H,13-16H2,1-3H3,(H,31,38)(H,32,39)/t18?,22-,23-,24+,25-,26?,30?/m0/s1. The summed E-state index contributed by atoms with van der Waals surface area (Å²) in [5.74, 6) is -1.92. The van der Waals surface area contributed by atoms with Crippen molar-refractivity contribution in [1.29, 1.82) is 0 Å².